The van der Waals surface area contributed by atoms with Crippen LogP contribution in [0.3, 0.4) is 0 Å². The van der Waals surface area contributed by atoms with Crippen molar-refractivity contribution in [3.63, 3.8) is 0 Å². The molecule has 2 fully saturated rings. The van der Waals surface area contributed by atoms with Crippen LogP contribution in [0, 0.1) is 40.4 Å². The van der Waals surface area contributed by atoms with Crippen LogP contribution in [-0.2, 0) is 29.5 Å². The third-order valence-corrected chi connectivity index (χ3v) is 12.8. The van der Waals surface area contributed by atoms with Gasteiger partial charge in [-0.05, 0) is 173 Å². The highest BCUT2D eigenvalue weighted by molar-refractivity contribution is 7.89. The molecule has 2 saturated heterocycles. The zero-order valence-electron chi connectivity index (χ0n) is 43.3. The minimum atomic E-state index is -3.88. The van der Waals surface area contributed by atoms with Crippen molar-refractivity contribution in [2.45, 2.75) is 182 Å². The first-order valence-electron chi connectivity index (χ1n) is 23.2. The van der Waals surface area contributed by atoms with E-state index in [1.165, 1.54) is 12.1 Å². The maximum atomic E-state index is 12.8. The van der Waals surface area contributed by atoms with Crippen LogP contribution >= 0.6 is 0 Å². The Morgan fingerprint density at radius 2 is 1.09 bits per heavy atom. The van der Waals surface area contributed by atoms with Crippen LogP contribution in [0.25, 0.3) is 0 Å². The smallest absolute Gasteiger partial charge is 0.410 e. The SMILES string of the molecule is CC(C)(C)CC(CN)C[C@@H]1CN(C(=O)OC(C)(C)C)C(C)(C)C1.CC(C)(C)CC(CNc1cccc(S(N)(=O)=O)n1)C[C@@H]1CN(C(=O)OC(C)(C)C)C(C)(C)C1.NS(=O)(=O)c1cccc(F)n1. The van der Waals surface area contributed by atoms with Crippen molar-refractivity contribution in [1.29, 1.82) is 0 Å². The summed E-state index contributed by atoms with van der Waals surface area (Å²) in [6.45, 7) is 36.1. The lowest BCUT2D eigenvalue weighted by atomic mass is 9.79. The van der Waals surface area contributed by atoms with E-state index in [1.54, 1.807) is 12.1 Å². The van der Waals surface area contributed by atoms with Crippen molar-refractivity contribution >= 4 is 38.1 Å². The number of sulfonamides is 2. The average Bonchev–Trinajstić information content (AvgIpc) is 3.60. The maximum Gasteiger partial charge on any atom is 0.410 e. The molecule has 2 aromatic heterocycles. The van der Waals surface area contributed by atoms with Crippen LogP contribution in [-0.4, -0.2) is 97.2 Å². The molecule has 4 heterocycles. The number of hydrogen-bond acceptors (Lipinski definition) is 12. The zero-order valence-corrected chi connectivity index (χ0v) is 45.0. The van der Waals surface area contributed by atoms with Gasteiger partial charge in [-0.15, -0.1) is 0 Å². The topological polar surface area (TPSA) is 243 Å². The number of nitrogens with two attached hydrogens (primary N) is 3. The third-order valence-electron chi connectivity index (χ3n) is 11.2. The first kappa shape index (κ1) is 59.5. The molecule has 0 aromatic carbocycles. The summed E-state index contributed by atoms with van der Waals surface area (Å²) in [5, 5.41) is 12.6. The fourth-order valence-electron chi connectivity index (χ4n) is 9.01. The number of primary sulfonamides is 2. The van der Waals surface area contributed by atoms with E-state index < -0.39 is 42.2 Å². The number of aromatic nitrogens is 2. The molecule has 7 N–H and O–H groups in total. The van der Waals surface area contributed by atoms with Crippen LogP contribution < -0.4 is 21.3 Å². The summed E-state index contributed by atoms with van der Waals surface area (Å²) in [7, 11) is -7.73. The van der Waals surface area contributed by atoms with E-state index in [4.69, 9.17) is 20.3 Å². The van der Waals surface area contributed by atoms with Crippen LogP contribution in [0.4, 0.5) is 19.8 Å². The molecule has 0 saturated carbocycles. The van der Waals surface area contributed by atoms with Gasteiger partial charge in [0, 0.05) is 30.7 Å². The van der Waals surface area contributed by atoms with E-state index in [-0.39, 0.29) is 33.7 Å². The summed E-state index contributed by atoms with van der Waals surface area (Å²) in [5.74, 6) is 1.33. The Kier molecular flexibility index (Phi) is 20.3. The second-order valence-corrected chi connectivity index (χ2v) is 27.1. The molecule has 2 aliphatic rings. The van der Waals surface area contributed by atoms with Crippen molar-refractivity contribution in [2.75, 3.05) is 31.5 Å². The molecule has 2 aromatic rings. The van der Waals surface area contributed by atoms with Crippen molar-refractivity contribution < 1.29 is 40.3 Å². The van der Waals surface area contributed by atoms with Crippen molar-refractivity contribution in [2.24, 2.45) is 50.5 Å². The molecule has 19 heteroatoms. The number of anilines is 1. The lowest BCUT2D eigenvalue weighted by molar-refractivity contribution is 0.0118. The molecular weight excluding hydrogens is 900 g/mol. The summed E-state index contributed by atoms with van der Waals surface area (Å²) >= 11 is 0. The van der Waals surface area contributed by atoms with E-state index in [0.717, 1.165) is 63.7 Å². The first-order chi connectivity index (χ1) is 30.1. The van der Waals surface area contributed by atoms with Gasteiger partial charge in [0.15, 0.2) is 10.1 Å². The number of likely N-dealkylation sites (tertiary alicyclic amines) is 2. The highest BCUT2D eigenvalue weighted by atomic mass is 32.2. The number of carbonyl (C=O) groups excluding carboxylic acids is 2. The number of rotatable bonds is 12. The van der Waals surface area contributed by atoms with Crippen LogP contribution in [0.2, 0.25) is 0 Å². The van der Waals surface area contributed by atoms with E-state index in [1.807, 2.05) is 51.3 Å². The molecule has 67 heavy (non-hydrogen) atoms. The number of ether oxygens (including phenoxy) is 2. The number of nitrogens with zero attached hydrogens (tertiary/aromatic N) is 4. The molecule has 0 aliphatic carbocycles. The summed E-state index contributed by atoms with van der Waals surface area (Å²) < 4.78 is 67.8. The number of nitrogens with one attached hydrogen (secondary N) is 1. The van der Waals surface area contributed by atoms with Gasteiger partial charge in [0.25, 0.3) is 20.0 Å². The van der Waals surface area contributed by atoms with Crippen LogP contribution in [0.5, 0.6) is 0 Å². The number of pyridine rings is 2. The molecule has 2 unspecified atom stereocenters. The summed E-state index contributed by atoms with van der Waals surface area (Å²) in [6.07, 6.45) is 5.64. The monoisotopic (exact) mass is 985 g/mol. The Labute approximate surface area is 402 Å². The van der Waals surface area contributed by atoms with Gasteiger partial charge >= 0.3 is 12.2 Å². The molecule has 4 rings (SSSR count). The highest BCUT2D eigenvalue weighted by Gasteiger charge is 2.45. The van der Waals surface area contributed by atoms with Gasteiger partial charge < -0.3 is 30.3 Å². The maximum absolute atomic E-state index is 12.8. The third kappa shape index (κ3) is 22.1. The Morgan fingerprint density at radius 1 is 0.701 bits per heavy atom. The van der Waals surface area contributed by atoms with Gasteiger partial charge in [-0.3, -0.25) is 0 Å². The molecule has 0 radical (unpaired) electrons. The molecule has 384 valence electrons. The summed E-state index contributed by atoms with van der Waals surface area (Å²) in [6, 6.07) is 8.14. The Morgan fingerprint density at radius 3 is 1.45 bits per heavy atom. The predicted octanol–water partition coefficient (Wildman–Crippen LogP) is 8.91. The van der Waals surface area contributed by atoms with Crippen molar-refractivity contribution in [3.8, 4) is 0 Å². The zero-order chi connectivity index (χ0) is 51.8. The Balaban J connectivity index is 0.000000390. The van der Waals surface area contributed by atoms with E-state index in [9.17, 15) is 30.8 Å². The number of halogens is 1. The molecule has 16 nitrogen and oxygen atoms in total. The van der Waals surface area contributed by atoms with E-state index >= 15 is 0 Å². The van der Waals surface area contributed by atoms with Crippen LogP contribution in [0.15, 0.2) is 46.5 Å². The summed E-state index contributed by atoms with van der Waals surface area (Å²) in [4.78, 5) is 36.3. The molecule has 0 spiro atoms. The number of carbonyl (C=O) groups is 2. The lowest BCUT2D eigenvalue weighted by Crippen LogP contribution is -2.45. The fourth-order valence-corrected chi connectivity index (χ4v) is 9.99. The van der Waals surface area contributed by atoms with E-state index in [0.29, 0.717) is 48.0 Å². The Hall–Kier alpha value is -3.65. The fraction of sp³-hybridized carbons (Fsp3) is 0.750. The lowest BCUT2D eigenvalue weighted by Gasteiger charge is -2.33. The minimum absolute atomic E-state index is 0.126. The highest BCUT2D eigenvalue weighted by Crippen LogP contribution is 2.40. The Bertz CT molecular complexity index is 2160. The van der Waals surface area contributed by atoms with Crippen LogP contribution in [0.1, 0.15) is 149 Å². The largest absolute Gasteiger partial charge is 0.444 e. The van der Waals surface area contributed by atoms with Gasteiger partial charge in [0.05, 0.1) is 0 Å². The standard InChI is InChI=1S/C24H42N4O4S.C19H38N2O2.C5H5FN2O2S/c1-22(2,3)13-17(15-26-19-10-9-11-20(27-19)33(25,30)31)12-18-14-24(7,8)28(16-18)21(29)32-23(4,5)6;1-17(2,3)10-14(12-20)9-15-11-19(7,8)21(13-15)16(22)23-18(4,5)6;6-4-2-1-3-5(8-4)11(7,9)10/h9-11,17-18H,12-16H2,1-8H3,(H,26,27)(H2,25,30,31);14-15H,9-13,20H2,1-8H3;1-3H,(H2,7,9,10)/t17?,18-;14?,15-;/m00./s1. The van der Waals surface area contributed by atoms with Gasteiger partial charge in [-0.1, -0.05) is 53.7 Å². The first-order valence-corrected chi connectivity index (χ1v) is 26.3. The van der Waals surface area contributed by atoms with Gasteiger partial charge in [0.1, 0.15) is 17.0 Å². The van der Waals surface area contributed by atoms with Crippen molar-refractivity contribution in [1.82, 2.24) is 19.8 Å². The average molecular weight is 985 g/mol. The normalized spacial score (nSPS) is 19.6. The second kappa shape index (κ2) is 22.8. The molecule has 0 bridgehead atoms. The number of hydrogen-bond donors (Lipinski definition) is 4. The second-order valence-electron chi connectivity index (χ2n) is 24.0. The van der Waals surface area contributed by atoms with Gasteiger partial charge in [-0.2, -0.15) is 4.39 Å². The molecule has 2 amide bonds. The molecule has 2 aliphatic heterocycles. The summed E-state index contributed by atoms with van der Waals surface area (Å²) in [5.41, 5.74) is 5.04. The predicted molar refractivity (Wildman–Crippen MR) is 263 cm³/mol. The minimum Gasteiger partial charge on any atom is -0.444 e. The van der Waals surface area contributed by atoms with Gasteiger partial charge in [0.2, 0.25) is 5.95 Å². The molecule has 4 atom stereocenters. The number of amides is 2. The molecular formula is C48H85FN8O8S2. The quantitative estimate of drug-likeness (QED) is 0.146. The van der Waals surface area contributed by atoms with E-state index in [2.05, 4.69) is 89.7 Å². The van der Waals surface area contributed by atoms with Gasteiger partial charge in [-0.25, -0.2) is 46.7 Å². The van der Waals surface area contributed by atoms with Crippen molar-refractivity contribution in [3.05, 3.63) is 42.3 Å².